The number of hydrogen-bond acceptors (Lipinski definition) is 2. The summed E-state index contributed by atoms with van der Waals surface area (Å²) in [5.41, 5.74) is 0.957. The van der Waals surface area contributed by atoms with Gasteiger partial charge in [0.1, 0.15) is 0 Å². The molecule has 1 rings (SSSR count). The summed E-state index contributed by atoms with van der Waals surface area (Å²) in [7, 11) is 0. The molecule has 0 unspecified atom stereocenters. The molecule has 14 heavy (non-hydrogen) atoms. The summed E-state index contributed by atoms with van der Waals surface area (Å²) in [6, 6.07) is 7.36. The van der Waals surface area contributed by atoms with E-state index in [4.69, 9.17) is 0 Å². The molecule has 0 saturated heterocycles. The monoisotopic (exact) mass is 217 g/mol. The van der Waals surface area contributed by atoms with Gasteiger partial charge in [-0.05, 0) is 38.1 Å². The quantitative estimate of drug-likeness (QED) is 0.769. The van der Waals surface area contributed by atoms with Gasteiger partial charge < -0.3 is 5.32 Å². The molecule has 0 amide bonds. The molecule has 0 aromatic heterocycles. The maximum atomic E-state index is 12.0. The first-order valence-electron chi connectivity index (χ1n) is 4.39. The smallest absolute Gasteiger partial charge is 0.288 e. The molecule has 1 N–H and O–H groups in total. The van der Waals surface area contributed by atoms with Gasteiger partial charge in [0.2, 0.25) is 0 Å². The fourth-order valence-electron chi connectivity index (χ4n) is 1.07. The van der Waals surface area contributed by atoms with Crippen LogP contribution in [0.4, 0.5) is 14.5 Å². The molecule has 0 aliphatic heterocycles. The highest BCUT2D eigenvalue weighted by Crippen LogP contribution is 2.26. The Morgan fingerprint density at radius 3 is 2.14 bits per heavy atom. The van der Waals surface area contributed by atoms with Gasteiger partial charge in [-0.1, -0.05) is 11.8 Å². The van der Waals surface area contributed by atoms with Gasteiger partial charge in [0.25, 0.3) is 5.76 Å². The Balaban J connectivity index is 2.59. The van der Waals surface area contributed by atoms with Crippen LogP contribution in [-0.4, -0.2) is 11.8 Å². The number of thioether (sulfide) groups is 1. The fraction of sp³-hybridized carbons (Fsp3) is 0.400. The summed E-state index contributed by atoms with van der Waals surface area (Å²) < 4.78 is 24.0. The average molecular weight is 217 g/mol. The zero-order chi connectivity index (χ0) is 10.6. The molecule has 0 spiro atoms. The van der Waals surface area contributed by atoms with E-state index in [1.165, 1.54) is 0 Å². The third kappa shape index (κ3) is 3.96. The molecule has 78 valence electrons. The van der Waals surface area contributed by atoms with Crippen LogP contribution in [-0.2, 0) is 0 Å². The van der Waals surface area contributed by atoms with Crippen LogP contribution in [0.1, 0.15) is 13.8 Å². The van der Waals surface area contributed by atoms with E-state index in [2.05, 4.69) is 5.32 Å². The lowest BCUT2D eigenvalue weighted by molar-refractivity contribution is 0.252. The number of benzene rings is 1. The van der Waals surface area contributed by atoms with E-state index in [1.54, 1.807) is 12.1 Å². The van der Waals surface area contributed by atoms with Gasteiger partial charge in [-0.3, -0.25) is 0 Å². The number of alkyl halides is 2. The lowest BCUT2D eigenvalue weighted by atomic mass is 10.3. The Kier molecular flexibility index (Phi) is 4.20. The molecule has 0 heterocycles. The molecule has 0 atom stereocenters. The van der Waals surface area contributed by atoms with E-state index >= 15 is 0 Å². The summed E-state index contributed by atoms with van der Waals surface area (Å²) in [5, 5.41) is 3.19. The second-order valence-electron chi connectivity index (χ2n) is 3.20. The van der Waals surface area contributed by atoms with Crippen molar-refractivity contribution in [1.82, 2.24) is 0 Å². The highest BCUT2D eigenvalue weighted by molar-refractivity contribution is 7.99. The Morgan fingerprint density at radius 1 is 1.14 bits per heavy atom. The zero-order valence-electron chi connectivity index (χ0n) is 8.13. The van der Waals surface area contributed by atoms with Gasteiger partial charge in [0.15, 0.2) is 0 Å². The molecular formula is C10H13F2NS. The van der Waals surface area contributed by atoms with Gasteiger partial charge in [0.05, 0.1) is 0 Å². The third-order valence-electron chi connectivity index (χ3n) is 1.53. The minimum atomic E-state index is -2.35. The van der Waals surface area contributed by atoms with Crippen LogP contribution in [0.3, 0.4) is 0 Å². The lowest BCUT2D eigenvalue weighted by Gasteiger charge is -2.10. The minimum Gasteiger partial charge on any atom is -0.383 e. The summed E-state index contributed by atoms with van der Waals surface area (Å²) >= 11 is 0.565. The van der Waals surface area contributed by atoms with Crippen LogP contribution in [0.2, 0.25) is 0 Å². The topological polar surface area (TPSA) is 12.0 Å². The van der Waals surface area contributed by atoms with Crippen molar-refractivity contribution in [3.05, 3.63) is 24.3 Å². The number of hydrogen-bond donors (Lipinski definition) is 1. The molecule has 0 radical (unpaired) electrons. The predicted molar refractivity (Wildman–Crippen MR) is 57.1 cm³/mol. The normalized spacial score (nSPS) is 11.0. The van der Waals surface area contributed by atoms with Gasteiger partial charge in [-0.15, -0.1) is 0 Å². The van der Waals surface area contributed by atoms with Crippen molar-refractivity contribution >= 4 is 17.4 Å². The number of rotatable bonds is 4. The van der Waals surface area contributed by atoms with Crippen molar-refractivity contribution in [2.24, 2.45) is 0 Å². The van der Waals surface area contributed by atoms with Crippen molar-refractivity contribution in [3.8, 4) is 0 Å². The summed E-state index contributed by atoms with van der Waals surface area (Å²) in [5.74, 6) is -2.35. The maximum absolute atomic E-state index is 12.0. The SMILES string of the molecule is CC(C)Nc1ccc(SC(F)F)cc1. The molecule has 0 fully saturated rings. The van der Waals surface area contributed by atoms with Crippen molar-refractivity contribution < 1.29 is 8.78 Å². The molecule has 0 aliphatic rings. The van der Waals surface area contributed by atoms with Crippen LogP contribution in [0, 0.1) is 0 Å². The van der Waals surface area contributed by atoms with E-state index in [9.17, 15) is 8.78 Å². The Bertz CT molecular complexity index is 243. The summed E-state index contributed by atoms with van der Waals surface area (Å²) in [4.78, 5) is 0.592. The second kappa shape index (κ2) is 5.20. The molecule has 0 bridgehead atoms. The van der Waals surface area contributed by atoms with E-state index in [-0.39, 0.29) is 0 Å². The minimum absolute atomic E-state index is 0.351. The highest BCUT2D eigenvalue weighted by atomic mass is 32.2. The lowest BCUT2D eigenvalue weighted by Crippen LogP contribution is -2.09. The largest absolute Gasteiger partial charge is 0.383 e. The first kappa shape index (κ1) is 11.3. The molecule has 0 saturated carbocycles. The van der Waals surface area contributed by atoms with Crippen molar-refractivity contribution in [2.75, 3.05) is 5.32 Å². The van der Waals surface area contributed by atoms with Gasteiger partial charge in [0, 0.05) is 16.6 Å². The summed E-state index contributed by atoms with van der Waals surface area (Å²) in [6.07, 6.45) is 0. The first-order chi connectivity index (χ1) is 6.58. The Morgan fingerprint density at radius 2 is 1.71 bits per heavy atom. The maximum Gasteiger partial charge on any atom is 0.288 e. The van der Waals surface area contributed by atoms with E-state index < -0.39 is 5.76 Å². The second-order valence-corrected chi connectivity index (χ2v) is 4.27. The van der Waals surface area contributed by atoms with Crippen LogP contribution in [0.15, 0.2) is 29.2 Å². The molecule has 1 nitrogen and oxygen atoms in total. The Hall–Kier alpha value is -0.770. The summed E-state index contributed by atoms with van der Waals surface area (Å²) in [6.45, 7) is 4.06. The third-order valence-corrected chi connectivity index (χ3v) is 2.26. The number of nitrogens with one attached hydrogen (secondary N) is 1. The Labute approximate surface area is 86.9 Å². The van der Waals surface area contributed by atoms with Crippen LogP contribution in [0.25, 0.3) is 0 Å². The van der Waals surface area contributed by atoms with E-state index in [0.29, 0.717) is 22.7 Å². The van der Waals surface area contributed by atoms with Gasteiger partial charge >= 0.3 is 0 Å². The van der Waals surface area contributed by atoms with Crippen LogP contribution in [0.5, 0.6) is 0 Å². The fourth-order valence-corrected chi connectivity index (χ4v) is 1.56. The van der Waals surface area contributed by atoms with Crippen molar-refractivity contribution in [3.63, 3.8) is 0 Å². The number of halogens is 2. The predicted octanol–water partition coefficient (Wildman–Crippen LogP) is 3.82. The van der Waals surface area contributed by atoms with Crippen molar-refractivity contribution in [1.29, 1.82) is 0 Å². The average Bonchev–Trinajstić information content (AvgIpc) is 2.06. The standard InChI is InChI=1S/C10H13F2NS/c1-7(2)13-8-3-5-9(6-4-8)14-10(11)12/h3-7,10,13H,1-2H3. The first-order valence-corrected chi connectivity index (χ1v) is 5.27. The van der Waals surface area contributed by atoms with E-state index in [1.807, 2.05) is 26.0 Å². The highest BCUT2D eigenvalue weighted by Gasteiger charge is 2.04. The van der Waals surface area contributed by atoms with Crippen LogP contribution < -0.4 is 5.32 Å². The molecule has 1 aromatic rings. The van der Waals surface area contributed by atoms with Crippen LogP contribution >= 0.6 is 11.8 Å². The zero-order valence-corrected chi connectivity index (χ0v) is 8.94. The van der Waals surface area contributed by atoms with Gasteiger partial charge in [-0.2, -0.15) is 8.78 Å². The van der Waals surface area contributed by atoms with E-state index in [0.717, 1.165) is 5.69 Å². The molecular weight excluding hydrogens is 204 g/mol. The van der Waals surface area contributed by atoms with Gasteiger partial charge in [-0.25, -0.2) is 0 Å². The van der Waals surface area contributed by atoms with Crippen molar-refractivity contribution in [2.45, 2.75) is 30.5 Å². The molecule has 1 aromatic carbocycles. The number of anilines is 1. The molecule has 0 aliphatic carbocycles. The molecule has 4 heteroatoms.